The Hall–Kier alpha value is -2.11. The molecule has 0 radical (unpaired) electrons. The van der Waals surface area contributed by atoms with Crippen LogP contribution in [0, 0.1) is 11.7 Å². The van der Waals surface area contributed by atoms with Crippen molar-refractivity contribution in [2.45, 2.75) is 5.92 Å². The first-order valence-electron chi connectivity index (χ1n) is 5.45. The van der Waals surface area contributed by atoms with Crippen LogP contribution in [0.4, 0.5) is 9.18 Å². The van der Waals surface area contributed by atoms with E-state index in [1.165, 1.54) is 24.3 Å². The molecule has 2 rings (SSSR count). The van der Waals surface area contributed by atoms with Crippen molar-refractivity contribution < 1.29 is 24.2 Å². The second-order valence-corrected chi connectivity index (χ2v) is 4.29. The maximum absolute atomic E-state index is 12.8. The average Bonchev–Trinajstić information content (AvgIpc) is 2.75. The summed E-state index contributed by atoms with van der Waals surface area (Å²) in [6.45, 7) is 0.0879. The third-order valence-corrected chi connectivity index (χ3v) is 3.21. The summed E-state index contributed by atoms with van der Waals surface area (Å²) in [6, 6.07) is 5.50. The monoisotopic (exact) mass is 253 g/mol. The van der Waals surface area contributed by atoms with Gasteiger partial charge in [0.2, 0.25) is 0 Å². The molecule has 1 aromatic carbocycles. The number of hydrogen-bond acceptors (Lipinski definition) is 2. The predicted octanol–water partition coefficient (Wildman–Crippen LogP) is 1.60. The maximum atomic E-state index is 12.8. The summed E-state index contributed by atoms with van der Waals surface area (Å²) in [7, 11) is 0. The van der Waals surface area contributed by atoms with Crippen LogP contribution < -0.4 is 0 Å². The highest BCUT2D eigenvalue weighted by Gasteiger charge is 2.40. The molecule has 0 aromatic heterocycles. The van der Waals surface area contributed by atoms with Gasteiger partial charge in [0.15, 0.2) is 0 Å². The van der Waals surface area contributed by atoms with Gasteiger partial charge in [0.1, 0.15) is 5.82 Å². The minimum absolute atomic E-state index is 0.0350. The Morgan fingerprint density at radius 3 is 2.28 bits per heavy atom. The number of likely N-dealkylation sites (tertiary alicyclic amines) is 1. The fourth-order valence-corrected chi connectivity index (χ4v) is 2.26. The van der Waals surface area contributed by atoms with Crippen LogP contribution in [0.1, 0.15) is 11.5 Å². The molecule has 0 bridgehead atoms. The number of aliphatic carboxylic acids is 1. The number of amides is 1. The Balaban J connectivity index is 2.27. The molecule has 1 aliphatic heterocycles. The average molecular weight is 253 g/mol. The van der Waals surface area contributed by atoms with E-state index < -0.39 is 29.7 Å². The number of nitrogens with zero attached hydrogens (tertiary/aromatic N) is 1. The molecule has 2 unspecified atom stereocenters. The van der Waals surface area contributed by atoms with Gasteiger partial charge in [-0.05, 0) is 17.7 Å². The van der Waals surface area contributed by atoms with E-state index in [4.69, 9.17) is 10.2 Å². The zero-order valence-electron chi connectivity index (χ0n) is 9.41. The topological polar surface area (TPSA) is 77.8 Å². The number of benzene rings is 1. The summed E-state index contributed by atoms with van der Waals surface area (Å²) < 4.78 is 12.8. The minimum Gasteiger partial charge on any atom is -0.481 e. The van der Waals surface area contributed by atoms with E-state index in [1.54, 1.807) is 0 Å². The molecule has 1 heterocycles. The molecule has 0 aliphatic carbocycles. The van der Waals surface area contributed by atoms with Gasteiger partial charge in [0.05, 0.1) is 5.92 Å². The Morgan fingerprint density at radius 1 is 1.17 bits per heavy atom. The van der Waals surface area contributed by atoms with Gasteiger partial charge < -0.3 is 15.1 Å². The summed E-state index contributed by atoms with van der Waals surface area (Å²) in [5, 5.41) is 18.0. The van der Waals surface area contributed by atoms with Crippen molar-refractivity contribution in [3.05, 3.63) is 35.6 Å². The van der Waals surface area contributed by atoms with Crippen LogP contribution >= 0.6 is 0 Å². The summed E-state index contributed by atoms with van der Waals surface area (Å²) in [5.74, 6) is -2.66. The van der Waals surface area contributed by atoms with E-state index >= 15 is 0 Å². The Bertz CT molecular complexity index is 473. The van der Waals surface area contributed by atoms with Crippen molar-refractivity contribution in [1.82, 2.24) is 4.90 Å². The molecule has 2 atom stereocenters. The Morgan fingerprint density at radius 2 is 1.78 bits per heavy atom. The highest BCUT2D eigenvalue weighted by molar-refractivity contribution is 5.75. The summed E-state index contributed by atoms with van der Waals surface area (Å²) in [4.78, 5) is 23.1. The first-order valence-corrected chi connectivity index (χ1v) is 5.45. The van der Waals surface area contributed by atoms with Crippen LogP contribution in [0.3, 0.4) is 0 Å². The number of carbonyl (C=O) groups is 2. The van der Waals surface area contributed by atoms with Gasteiger partial charge in [0.25, 0.3) is 0 Å². The zero-order chi connectivity index (χ0) is 13.3. The SMILES string of the molecule is O=C(O)C1CN(C(=O)O)CC1c1ccc(F)cc1. The van der Waals surface area contributed by atoms with Gasteiger partial charge in [-0.1, -0.05) is 12.1 Å². The number of carboxylic acids is 1. The van der Waals surface area contributed by atoms with Crippen molar-refractivity contribution in [2.75, 3.05) is 13.1 Å². The second-order valence-electron chi connectivity index (χ2n) is 4.29. The molecule has 1 aromatic rings. The smallest absolute Gasteiger partial charge is 0.407 e. The van der Waals surface area contributed by atoms with Gasteiger partial charge in [0, 0.05) is 19.0 Å². The normalized spacial score (nSPS) is 23.1. The molecule has 6 heteroatoms. The van der Waals surface area contributed by atoms with Gasteiger partial charge in [-0.2, -0.15) is 0 Å². The fraction of sp³-hybridized carbons (Fsp3) is 0.333. The third-order valence-electron chi connectivity index (χ3n) is 3.21. The number of carboxylic acid groups (broad SMARTS) is 2. The van der Waals surface area contributed by atoms with E-state index in [0.29, 0.717) is 5.56 Å². The van der Waals surface area contributed by atoms with Crippen LogP contribution in [0.5, 0.6) is 0 Å². The fourth-order valence-electron chi connectivity index (χ4n) is 2.26. The quantitative estimate of drug-likeness (QED) is 0.839. The minimum atomic E-state index is -1.13. The van der Waals surface area contributed by atoms with Crippen LogP contribution in [0.2, 0.25) is 0 Å². The van der Waals surface area contributed by atoms with E-state index in [9.17, 15) is 14.0 Å². The summed E-state index contributed by atoms with van der Waals surface area (Å²) in [5.41, 5.74) is 0.646. The highest BCUT2D eigenvalue weighted by Crippen LogP contribution is 2.32. The number of hydrogen-bond donors (Lipinski definition) is 2. The van der Waals surface area contributed by atoms with Crippen LogP contribution in [-0.2, 0) is 4.79 Å². The second kappa shape index (κ2) is 4.64. The first kappa shape index (κ1) is 12.3. The molecular weight excluding hydrogens is 241 g/mol. The largest absolute Gasteiger partial charge is 0.481 e. The summed E-state index contributed by atoms with van der Waals surface area (Å²) >= 11 is 0. The zero-order valence-corrected chi connectivity index (χ0v) is 9.41. The first-order chi connectivity index (χ1) is 8.49. The van der Waals surface area contributed by atoms with E-state index in [0.717, 1.165) is 4.90 Å². The lowest BCUT2D eigenvalue weighted by molar-refractivity contribution is -0.141. The standard InChI is InChI=1S/C12H12FNO4/c13-8-3-1-7(2-4-8)9-5-14(12(17)18)6-10(9)11(15)16/h1-4,9-10H,5-6H2,(H,15,16)(H,17,18). The van der Waals surface area contributed by atoms with E-state index in [2.05, 4.69) is 0 Å². The maximum Gasteiger partial charge on any atom is 0.407 e. The molecular formula is C12H12FNO4. The molecule has 96 valence electrons. The third kappa shape index (κ3) is 2.27. The van der Waals surface area contributed by atoms with Crippen molar-refractivity contribution in [3.8, 4) is 0 Å². The van der Waals surface area contributed by atoms with Crippen LogP contribution in [0.15, 0.2) is 24.3 Å². The van der Waals surface area contributed by atoms with Crippen LogP contribution in [-0.4, -0.2) is 40.3 Å². The van der Waals surface area contributed by atoms with Gasteiger partial charge in [-0.15, -0.1) is 0 Å². The number of rotatable bonds is 2. The van der Waals surface area contributed by atoms with Gasteiger partial charge in [-0.3, -0.25) is 4.79 Å². The summed E-state index contributed by atoms with van der Waals surface area (Å²) in [6.07, 6.45) is -1.13. The van der Waals surface area contributed by atoms with Crippen molar-refractivity contribution in [2.24, 2.45) is 5.92 Å². The van der Waals surface area contributed by atoms with Gasteiger partial charge in [-0.25, -0.2) is 9.18 Å². The lowest BCUT2D eigenvalue weighted by Gasteiger charge is -2.14. The molecule has 5 nitrogen and oxygen atoms in total. The highest BCUT2D eigenvalue weighted by atomic mass is 19.1. The van der Waals surface area contributed by atoms with Gasteiger partial charge >= 0.3 is 12.1 Å². The molecule has 0 saturated carbocycles. The van der Waals surface area contributed by atoms with Crippen molar-refractivity contribution >= 4 is 12.1 Å². The predicted molar refractivity (Wildman–Crippen MR) is 59.9 cm³/mol. The van der Waals surface area contributed by atoms with Crippen molar-refractivity contribution in [1.29, 1.82) is 0 Å². The van der Waals surface area contributed by atoms with E-state index in [-0.39, 0.29) is 13.1 Å². The molecule has 1 fully saturated rings. The molecule has 2 N–H and O–H groups in total. The van der Waals surface area contributed by atoms with E-state index in [1.807, 2.05) is 0 Å². The lowest BCUT2D eigenvalue weighted by Crippen LogP contribution is -2.28. The lowest BCUT2D eigenvalue weighted by atomic mass is 9.89. The van der Waals surface area contributed by atoms with Crippen molar-refractivity contribution in [3.63, 3.8) is 0 Å². The molecule has 1 amide bonds. The number of halogens is 1. The van der Waals surface area contributed by atoms with Crippen LogP contribution in [0.25, 0.3) is 0 Å². The molecule has 0 spiro atoms. The Labute approximate surface area is 102 Å². The Kier molecular flexibility index (Phi) is 3.18. The molecule has 1 saturated heterocycles. The molecule has 1 aliphatic rings. The molecule has 18 heavy (non-hydrogen) atoms.